The molecule has 1 aromatic carbocycles. The van der Waals surface area contributed by atoms with E-state index < -0.39 is 0 Å². The third kappa shape index (κ3) is 4.87. The third-order valence-electron chi connectivity index (χ3n) is 4.53. The van der Waals surface area contributed by atoms with Gasteiger partial charge in [0.2, 0.25) is 0 Å². The van der Waals surface area contributed by atoms with Gasteiger partial charge in [-0.05, 0) is 55.3 Å². The number of benzene rings is 1. The molecule has 1 saturated heterocycles. The molecule has 3 rings (SSSR count). The van der Waals surface area contributed by atoms with Gasteiger partial charge >= 0.3 is 0 Å². The van der Waals surface area contributed by atoms with E-state index in [0.717, 1.165) is 30.8 Å². The number of amides is 1. The van der Waals surface area contributed by atoms with Crippen LogP contribution in [0.5, 0.6) is 0 Å². The van der Waals surface area contributed by atoms with Crippen molar-refractivity contribution in [1.29, 1.82) is 0 Å². The fourth-order valence-corrected chi connectivity index (χ4v) is 3.27. The lowest BCUT2D eigenvalue weighted by atomic mass is 10.1. The van der Waals surface area contributed by atoms with Gasteiger partial charge in [-0.3, -0.25) is 14.7 Å². The number of aliphatic hydroxyl groups excluding tert-OH is 1. The highest BCUT2D eigenvalue weighted by Crippen LogP contribution is 2.16. The van der Waals surface area contributed by atoms with E-state index in [-0.39, 0.29) is 12.5 Å². The molecule has 5 heteroatoms. The second-order valence-electron chi connectivity index (χ2n) is 6.50. The van der Waals surface area contributed by atoms with Gasteiger partial charge in [0.05, 0.1) is 6.61 Å². The minimum Gasteiger partial charge on any atom is -0.395 e. The van der Waals surface area contributed by atoms with Crippen LogP contribution < -0.4 is 0 Å². The number of rotatable bonds is 7. The number of carbonyl (C=O) groups excluding carboxylic acids is 1. The number of hydrogen-bond donors (Lipinski definition) is 1. The predicted octanol–water partition coefficient (Wildman–Crippen LogP) is 2.31. The number of aliphatic hydroxyl groups is 1. The van der Waals surface area contributed by atoms with Crippen LogP contribution in [0.1, 0.15) is 34.3 Å². The zero-order chi connectivity index (χ0) is 17.5. The van der Waals surface area contributed by atoms with Gasteiger partial charge in [0.1, 0.15) is 0 Å². The van der Waals surface area contributed by atoms with Crippen molar-refractivity contribution in [2.45, 2.75) is 25.9 Å². The highest BCUT2D eigenvalue weighted by Gasteiger charge is 2.17. The van der Waals surface area contributed by atoms with Gasteiger partial charge < -0.3 is 10.0 Å². The van der Waals surface area contributed by atoms with Crippen LogP contribution in [-0.4, -0.2) is 52.0 Å². The topological polar surface area (TPSA) is 56.7 Å². The van der Waals surface area contributed by atoms with E-state index in [1.807, 2.05) is 30.3 Å². The van der Waals surface area contributed by atoms with Gasteiger partial charge in [-0.15, -0.1) is 0 Å². The molecule has 5 nitrogen and oxygen atoms in total. The van der Waals surface area contributed by atoms with Crippen molar-refractivity contribution < 1.29 is 9.90 Å². The van der Waals surface area contributed by atoms with Crippen molar-refractivity contribution in [3.05, 3.63) is 65.5 Å². The Labute approximate surface area is 148 Å². The van der Waals surface area contributed by atoms with E-state index in [9.17, 15) is 9.90 Å². The largest absolute Gasteiger partial charge is 0.395 e. The second-order valence-corrected chi connectivity index (χ2v) is 6.50. The molecule has 1 fully saturated rings. The van der Waals surface area contributed by atoms with Crippen molar-refractivity contribution in [3.63, 3.8) is 0 Å². The minimum atomic E-state index is -0.0561. The highest BCUT2D eigenvalue weighted by atomic mass is 16.3. The maximum atomic E-state index is 12.9. The molecule has 0 saturated carbocycles. The van der Waals surface area contributed by atoms with Crippen LogP contribution in [0, 0.1) is 0 Å². The Balaban J connectivity index is 1.72. The molecule has 25 heavy (non-hydrogen) atoms. The smallest absolute Gasteiger partial charge is 0.254 e. The van der Waals surface area contributed by atoms with E-state index in [2.05, 4.69) is 16.0 Å². The Hall–Kier alpha value is -2.24. The molecule has 0 bridgehead atoms. The number of pyridine rings is 1. The fourth-order valence-electron chi connectivity index (χ4n) is 3.27. The van der Waals surface area contributed by atoms with E-state index >= 15 is 0 Å². The first-order valence-electron chi connectivity index (χ1n) is 8.86. The monoisotopic (exact) mass is 339 g/mol. The van der Waals surface area contributed by atoms with E-state index in [1.54, 1.807) is 17.3 Å². The molecule has 1 aliphatic rings. The molecular weight excluding hydrogens is 314 g/mol. The molecule has 1 aromatic heterocycles. The maximum absolute atomic E-state index is 12.9. The van der Waals surface area contributed by atoms with Crippen LogP contribution in [0.25, 0.3) is 0 Å². The summed E-state index contributed by atoms with van der Waals surface area (Å²) in [5, 5.41) is 9.34. The van der Waals surface area contributed by atoms with Gasteiger partial charge in [-0.2, -0.15) is 0 Å². The highest BCUT2D eigenvalue weighted by molar-refractivity contribution is 5.94. The molecule has 1 N–H and O–H groups in total. The third-order valence-corrected chi connectivity index (χ3v) is 4.53. The quantitative estimate of drug-likeness (QED) is 0.841. The number of nitrogens with zero attached hydrogens (tertiary/aromatic N) is 3. The zero-order valence-electron chi connectivity index (χ0n) is 14.5. The summed E-state index contributed by atoms with van der Waals surface area (Å²) < 4.78 is 0. The van der Waals surface area contributed by atoms with Gasteiger partial charge in [0.15, 0.2) is 0 Å². The molecule has 0 radical (unpaired) electrons. The summed E-state index contributed by atoms with van der Waals surface area (Å²) in [5.41, 5.74) is 2.80. The second kappa shape index (κ2) is 8.74. The average Bonchev–Trinajstić information content (AvgIpc) is 3.15. The van der Waals surface area contributed by atoms with Crippen LogP contribution in [0.4, 0.5) is 0 Å². The van der Waals surface area contributed by atoms with Crippen LogP contribution >= 0.6 is 0 Å². The minimum absolute atomic E-state index is 0.0545. The average molecular weight is 339 g/mol. The normalized spacial score (nSPS) is 14.6. The van der Waals surface area contributed by atoms with E-state index in [0.29, 0.717) is 18.7 Å². The first kappa shape index (κ1) is 17.6. The van der Waals surface area contributed by atoms with Crippen molar-refractivity contribution in [1.82, 2.24) is 14.8 Å². The van der Waals surface area contributed by atoms with E-state index in [4.69, 9.17) is 0 Å². The summed E-state index contributed by atoms with van der Waals surface area (Å²) in [4.78, 5) is 21.1. The van der Waals surface area contributed by atoms with Crippen LogP contribution in [0.3, 0.4) is 0 Å². The van der Waals surface area contributed by atoms with Crippen LogP contribution in [-0.2, 0) is 13.1 Å². The van der Waals surface area contributed by atoms with Crippen molar-refractivity contribution in [2.75, 3.05) is 26.2 Å². The summed E-state index contributed by atoms with van der Waals surface area (Å²) >= 11 is 0. The molecule has 1 amide bonds. The first-order chi connectivity index (χ1) is 12.3. The molecular formula is C20H25N3O2. The van der Waals surface area contributed by atoms with Gasteiger partial charge in [-0.25, -0.2) is 0 Å². The summed E-state index contributed by atoms with van der Waals surface area (Å²) in [6.07, 6.45) is 5.98. The summed E-state index contributed by atoms with van der Waals surface area (Å²) in [6.45, 7) is 3.86. The number of carbonyl (C=O) groups is 1. The van der Waals surface area contributed by atoms with Crippen molar-refractivity contribution in [3.8, 4) is 0 Å². The molecule has 2 aromatic rings. The lowest BCUT2D eigenvalue weighted by Crippen LogP contribution is -2.33. The fraction of sp³-hybridized carbons (Fsp3) is 0.400. The SMILES string of the molecule is O=C(c1cccc(CN2CCCC2)c1)N(CCO)Cc1cccnc1. The van der Waals surface area contributed by atoms with Gasteiger partial charge in [-0.1, -0.05) is 18.2 Å². The maximum Gasteiger partial charge on any atom is 0.254 e. The van der Waals surface area contributed by atoms with Crippen molar-refractivity contribution in [2.24, 2.45) is 0 Å². The lowest BCUT2D eigenvalue weighted by Gasteiger charge is -2.22. The first-order valence-corrected chi connectivity index (χ1v) is 8.86. The number of hydrogen-bond acceptors (Lipinski definition) is 4. The summed E-state index contributed by atoms with van der Waals surface area (Å²) in [5.74, 6) is -0.0545. The molecule has 132 valence electrons. The molecule has 0 aliphatic carbocycles. The van der Waals surface area contributed by atoms with E-state index in [1.165, 1.54) is 12.8 Å². The Morgan fingerprint density at radius 3 is 2.68 bits per heavy atom. The molecule has 2 heterocycles. The summed E-state index contributed by atoms with van der Waals surface area (Å²) in [6, 6.07) is 11.6. The van der Waals surface area contributed by atoms with Crippen LogP contribution in [0.2, 0.25) is 0 Å². The number of likely N-dealkylation sites (tertiary alicyclic amines) is 1. The van der Waals surface area contributed by atoms with Crippen molar-refractivity contribution >= 4 is 5.91 Å². The Kier molecular flexibility index (Phi) is 6.14. The van der Waals surface area contributed by atoms with Gasteiger partial charge in [0, 0.05) is 37.6 Å². The van der Waals surface area contributed by atoms with Gasteiger partial charge in [0.25, 0.3) is 5.91 Å². The Morgan fingerprint density at radius 2 is 1.96 bits per heavy atom. The predicted molar refractivity (Wildman–Crippen MR) is 97.0 cm³/mol. The molecule has 0 atom stereocenters. The lowest BCUT2D eigenvalue weighted by molar-refractivity contribution is 0.0707. The standard InChI is InChI=1S/C20H25N3O2/c24-12-11-23(16-18-6-4-8-21-14-18)20(25)19-7-3-5-17(13-19)15-22-9-1-2-10-22/h3-8,13-14,24H,1-2,9-12,15-16H2. The van der Waals surface area contributed by atoms with Crippen LogP contribution in [0.15, 0.2) is 48.8 Å². The number of aromatic nitrogens is 1. The summed E-state index contributed by atoms with van der Waals surface area (Å²) in [7, 11) is 0. The zero-order valence-corrected chi connectivity index (χ0v) is 14.5. The Morgan fingerprint density at radius 1 is 1.16 bits per heavy atom. The Bertz CT molecular complexity index is 684. The molecule has 0 unspecified atom stereocenters. The molecule has 0 spiro atoms. The molecule has 1 aliphatic heterocycles.